The number of esters is 2. The summed E-state index contributed by atoms with van der Waals surface area (Å²) < 4.78 is 11.0. The van der Waals surface area contributed by atoms with E-state index in [-0.39, 0.29) is 23.3 Å². The first-order valence-corrected chi connectivity index (χ1v) is 7.36. The number of carbonyl (C=O) groups is 2. The molecule has 4 nitrogen and oxygen atoms in total. The van der Waals surface area contributed by atoms with E-state index < -0.39 is 6.10 Å². The van der Waals surface area contributed by atoms with Gasteiger partial charge in [-0.2, -0.15) is 0 Å². The van der Waals surface area contributed by atoms with Gasteiger partial charge in [0.25, 0.3) is 0 Å². The Morgan fingerprint density at radius 2 is 2.24 bits per heavy atom. The van der Waals surface area contributed by atoms with E-state index in [4.69, 9.17) is 9.47 Å². The van der Waals surface area contributed by atoms with Crippen molar-refractivity contribution in [3.63, 3.8) is 0 Å². The minimum absolute atomic E-state index is 0.0494. The largest absolute Gasteiger partial charge is 0.457 e. The number of carbonyl (C=O) groups excluding carboxylic acids is 2. The fraction of sp³-hybridized carbons (Fsp3) is 0.529. The molecule has 3 aliphatic carbocycles. The molecule has 21 heavy (non-hydrogen) atoms. The van der Waals surface area contributed by atoms with E-state index in [9.17, 15) is 9.59 Å². The van der Waals surface area contributed by atoms with Gasteiger partial charge in [-0.05, 0) is 31.3 Å². The summed E-state index contributed by atoms with van der Waals surface area (Å²) in [6.45, 7) is 9.56. The van der Waals surface area contributed by atoms with Crippen LogP contribution in [0, 0.1) is 23.2 Å². The lowest BCUT2D eigenvalue weighted by Crippen LogP contribution is -2.42. The second-order valence-corrected chi connectivity index (χ2v) is 6.83. The highest BCUT2D eigenvalue weighted by molar-refractivity contribution is 5.94. The van der Waals surface area contributed by atoms with E-state index in [0.29, 0.717) is 23.2 Å². The van der Waals surface area contributed by atoms with Gasteiger partial charge in [-0.3, -0.25) is 4.79 Å². The summed E-state index contributed by atoms with van der Waals surface area (Å²) in [5.41, 5.74) is 2.30. The molecule has 2 fully saturated rings. The second kappa shape index (κ2) is 3.67. The number of fused-ring (bicyclic) bond motifs is 4. The Hall–Kier alpha value is -1.84. The fourth-order valence-electron chi connectivity index (χ4n) is 4.61. The Balaban J connectivity index is 1.90. The highest BCUT2D eigenvalue weighted by atomic mass is 16.6. The molecular formula is C17H18O4. The van der Waals surface area contributed by atoms with Crippen LogP contribution in [-0.2, 0) is 19.1 Å². The predicted molar refractivity (Wildman–Crippen MR) is 74.8 cm³/mol. The van der Waals surface area contributed by atoms with Gasteiger partial charge in [-0.15, -0.1) is 0 Å². The summed E-state index contributed by atoms with van der Waals surface area (Å²) in [5.74, 6) is 1.01. The van der Waals surface area contributed by atoms with Crippen LogP contribution in [0.3, 0.4) is 0 Å². The zero-order chi connectivity index (χ0) is 15.1. The molecule has 0 saturated heterocycles. The third-order valence-electron chi connectivity index (χ3n) is 5.64. The summed E-state index contributed by atoms with van der Waals surface area (Å²) in [5, 5.41) is 0. The lowest BCUT2D eigenvalue weighted by molar-refractivity contribution is -0.148. The van der Waals surface area contributed by atoms with E-state index >= 15 is 0 Å². The molecule has 1 aliphatic heterocycles. The number of hydrogen-bond donors (Lipinski definition) is 0. The lowest BCUT2D eigenvalue weighted by Gasteiger charge is -2.41. The van der Waals surface area contributed by atoms with Crippen molar-refractivity contribution in [2.24, 2.45) is 23.2 Å². The smallest absolute Gasteiger partial charge is 0.339 e. The molecule has 0 bridgehead atoms. The van der Waals surface area contributed by atoms with Gasteiger partial charge < -0.3 is 9.47 Å². The summed E-state index contributed by atoms with van der Waals surface area (Å²) in [7, 11) is 0. The van der Waals surface area contributed by atoms with Gasteiger partial charge in [0.15, 0.2) is 0 Å². The van der Waals surface area contributed by atoms with Crippen molar-refractivity contribution < 1.29 is 19.1 Å². The van der Waals surface area contributed by atoms with E-state index in [0.717, 1.165) is 17.6 Å². The maximum atomic E-state index is 11.9. The Kier molecular flexibility index (Phi) is 2.25. The highest BCUT2D eigenvalue weighted by Gasteiger charge is 2.67. The first-order chi connectivity index (χ1) is 9.84. The van der Waals surface area contributed by atoms with Gasteiger partial charge in [0.1, 0.15) is 11.9 Å². The number of allylic oxidation sites excluding steroid dienone is 1. The van der Waals surface area contributed by atoms with Gasteiger partial charge in [0.2, 0.25) is 0 Å². The van der Waals surface area contributed by atoms with Crippen LogP contribution in [0.25, 0.3) is 0 Å². The van der Waals surface area contributed by atoms with E-state index in [1.807, 2.05) is 0 Å². The highest BCUT2D eigenvalue weighted by Crippen LogP contribution is 2.71. The Morgan fingerprint density at radius 3 is 2.90 bits per heavy atom. The first kappa shape index (κ1) is 12.9. The topological polar surface area (TPSA) is 52.6 Å². The number of rotatable bonds is 1. The Morgan fingerprint density at radius 1 is 1.52 bits per heavy atom. The predicted octanol–water partition coefficient (Wildman–Crippen LogP) is 2.52. The van der Waals surface area contributed by atoms with Crippen molar-refractivity contribution in [1.82, 2.24) is 0 Å². The van der Waals surface area contributed by atoms with Crippen molar-refractivity contribution in [3.05, 3.63) is 35.1 Å². The van der Waals surface area contributed by atoms with Crippen molar-refractivity contribution in [2.45, 2.75) is 33.3 Å². The van der Waals surface area contributed by atoms with Crippen molar-refractivity contribution >= 4 is 11.9 Å². The van der Waals surface area contributed by atoms with Gasteiger partial charge in [0, 0.05) is 29.4 Å². The van der Waals surface area contributed by atoms with E-state index in [1.54, 1.807) is 6.92 Å². The van der Waals surface area contributed by atoms with Crippen molar-refractivity contribution in [2.75, 3.05) is 0 Å². The molecule has 1 heterocycles. The van der Waals surface area contributed by atoms with Crippen LogP contribution in [0.2, 0.25) is 0 Å². The quantitative estimate of drug-likeness (QED) is 0.549. The zero-order valence-corrected chi connectivity index (χ0v) is 12.4. The van der Waals surface area contributed by atoms with Gasteiger partial charge in [0.05, 0.1) is 0 Å². The number of ether oxygens (including phenoxy) is 2. The Bertz CT molecular complexity index is 668. The Labute approximate surface area is 123 Å². The molecule has 110 valence electrons. The van der Waals surface area contributed by atoms with E-state index in [1.165, 1.54) is 6.92 Å². The minimum atomic E-state index is -0.445. The van der Waals surface area contributed by atoms with Gasteiger partial charge in [-0.1, -0.05) is 19.1 Å². The first-order valence-electron chi connectivity index (χ1n) is 7.36. The molecule has 4 rings (SSSR count). The molecule has 0 aromatic rings. The molecule has 4 heteroatoms. The van der Waals surface area contributed by atoms with Gasteiger partial charge in [-0.25, -0.2) is 4.79 Å². The summed E-state index contributed by atoms with van der Waals surface area (Å²) >= 11 is 0. The maximum Gasteiger partial charge on any atom is 0.339 e. The van der Waals surface area contributed by atoms with Crippen LogP contribution in [-0.4, -0.2) is 18.0 Å². The van der Waals surface area contributed by atoms with Crippen LogP contribution in [0.1, 0.15) is 27.2 Å². The molecule has 0 amide bonds. The summed E-state index contributed by atoms with van der Waals surface area (Å²) in [6, 6.07) is 0. The molecule has 2 saturated carbocycles. The summed E-state index contributed by atoms with van der Waals surface area (Å²) in [4.78, 5) is 23.4. The zero-order valence-electron chi connectivity index (χ0n) is 12.4. The van der Waals surface area contributed by atoms with Crippen LogP contribution < -0.4 is 0 Å². The molecular weight excluding hydrogens is 268 g/mol. The van der Waals surface area contributed by atoms with Crippen LogP contribution >= 0.6 is 0 Å². The lowest BCUT2D eigenvalue weighted by atomic mass is 9.66. The monoisotopic (exact) mass is 286 g/mol. The molecule has 5 atom stereocenters. The molecule has 0 N–H and O–H groups in total. The average molecular weight is 286 g/mol. The van der Waals surface area contributed by atoms with Crippen molar-refractivity contribution in [1.29, 1.82) is 0 Å². The molecule has 0 radical (unpaired) electrons. The second-order valence-electron chi connectivity index (χ2n) is 6.83. The van der Waals surface area contributed by atoms with Crippen LogP contribution in [0.15, 0.2) is 35.1 Å². The maximum absolute atomic E-state index is 11.9. The van der Waals surface area contributed by atoms with Gasteiger partial charge >= 0.3 is 11.9 Å². The standard InChI is InChI=1S/C17H18O4/c1-7-10-5-11(10)17(4)6-12-13(8(2)16(19)21-12)15(14(7)17)20-9(3)18/h6,10-11,14-15H,1,5H2,2-4H3. The fourth-order valence-corrected chi connectivity index (χ4v) is 4.61. The van der Waals surface area contributed by atoms with Crippen molar-refractivity contribution in [3.8, 4) is 0 Å². The molecule has 0 spiro atoms. The van der Waals surface area contributed by atoms with E-state index in [2.05, 4.69) is 19.6 Å². The molecule has 5 unspecified atom stereocenters. The normalized spacial score (nSPS) is 42.9. The minimum Gasteiger partial charge on any atom is -0.457 e. The molecule has 4 aliphatic rings. The molecule has 0 aromatic carbocycles. The SMILES string of the molecule is C=C1C2CC2C2(C)C=C3OC(=O)C(C)=C3C(OC(C)=O)C12. The average Bonchev–Trinajstić information content (AvgIpc) is 3.08. The third kappa shape index (κ3) is 1.45. The number of hydrogen-bond acceptors (Lipinski definition) is 4. The summed E-state index contributed by atoms with van der Waals surface area (Å²) in [6.07, 6.45) is 2.76. The van der Waals surface area contributed by atoms with Crippen LogP contribution in [0.5, 0.6) is 0 Å². The van der Waals surface area contributed by atoms with Crippen LogP contribution in [0.4, 0.5) is 0 Å². The third-order valence-corrected chi connectivity index (χ3v) is 5.64. The molecule has 0 aromatic heterocycles.